The predicted molar refractivity (Wildman–Crippen MR) is 37.3 cm³/mol. The second-order valence-corrected chi connectivity index (χ2v) is 4.13. The van der Waals surface area contributed by atoms with Crippen LogP contribution in [-0.4, -0.2) is 36.5 Å². The number of piperidine rings is 2. The van der Waals surface area contributed by atoms with Gasteiger partial charge in [0, 0.05) is 12.1 Å². The highest BCUT2D eigenvalue weighted by molar-refractivity contribution is 5.14. The quantitative estimate of drug-likeness (QED) is 0.483. The standard InChI is InChI=1S/C8H11NO2/c1-3-7-6(11-7)2-4(9-3)8-5(1)10-8/h3-9H,1-2H2/t3-,4-,5-,6+,7-,8+/m1/s1. The van der Waals surface area contributed by atoms with E-state index in [0.29, 0.717) is 36.5 Å². The van der Waals surface area contributed by atoms with Gasteiger partial charge in [-0.2, -0.15) is 0 Å². The normalized spacial score (nSPS) is 69.8. The smallest absolute Gasteiger partial charge is 0.0996 e. The van der Waals surface area contributed by atoms with Gasteiger partial charge in [-0.15, -0.1) is 0 Å². The number of hydrogen-bond donors (Lipinski definition) is 1. The second-order valence-electron chi connectivity index (χ2n) is 4.13. The molecule has 0 aromatic carbocycles. The zero-order valence-corrected chi connectivity index (χ0v) is 6.19. The molecule has 0 aromatic rings. The van der Waals surface area contributed by atoms with E-state index >= 15 is 0 Å². The Morgan fingerprint density at radius 2 is 1.45 bits per heavy atom. The lowest BCUT2D eigenvalue weighted by molar-refractivity contribution is 0.291. The number of hydrogen-bond acceptors (Lipinski definition) is 3. The van der Waals surface area contributed by atoms with Gasteiger partial charge in [0.15, 0.2) is 0 Å². The minimum absolute atomic E-state index is 0.538. The Morgan fingerprint density at radius 1 is 0.909 bits per heavy atom. The van der Waals surface area contributed by atoms with E-state index in [1.165, 1.54) is 12.8 Å². The fraction of sp³-hybridized carbons (Fsp3) is 1.00. The molecule has 1 N–H and O–H groups in total. The van der Waals surface area contributed by atoms with Gasteiger partial charge in [0.25, 0.3) is 0 Å². The van der Waals surface area contributed by atoms with Crippen molar-refractivity contribution in [2.75, 3.05) is 0 Å². The summed E-state index contributed by atoms with van der Waals surface area (Å²) < 4.78 is 11.1. The first-order valence-corrected chi connectivity index (χ1v) is 4.49. The molecule has 4 heterocycles. The summed E-state index contributed by atoms with van der Waals surface area (Å²) in [6.07, 6.45) is 4.60. The van der Waals surface area contributed by atoms with Gasteiger partial charge in [-0.05, 0) is 12.8 Å². The molecule has 4 aliphatic heterocycles. The molecule has 0 aliphatic carbocycles. The van der Waals surface area contributed by atoms with Crippen LogP contribution in [0.4, 0.5) is 0 Å². The minimum atomic E-state index is 0.538. The van der Waals surface area contributed by atoms with Crippen LogP contribution >= 0.6 is 0 Å². The van der Waals surface area contributed by atoms with Crippen LogP contribution in [0.25, 0.3) is 0 Å². The van der Waals surface area contributed by atoms with Gasteiger partial charge in [-0.3, -0.25) is 0 Å². The van der Waals surface area contributed by atoms with Crippen LogP contribution in [0.5, 0.6) is 0 Å². The largest absolute Gasteiger partial charge is 0.368 e. The van der Waals surface area contributed by atoms with Crippen molar-refractivity contribution in [3.63, 3.8) is 0 Å². The van der Waals surface area contributed by atoms with Crippen molar-refractivity contribution in [3.8, 4) is 0 Å². The molecule has 4 fully saturated rings. The fourth-order valence-electron chi connectivity index (χ4n) is 2.77. The van der Waals surface area contributed by atoms with E-state index < -0.39 is 0 Å². The Bertz CT molecular complexity index is 198. The van der Waals surface area contributed by atoms with Crippen LogP contribution in [-0.2, 0) is 9.47 Å². The summed E-state index contributed by atoms with van der Waals surface area (Å²) in [6.45, 7) is 0. The number of epoxide rings is 2. The lowest BCUT2D eigenvalue weighted by atomic mass is 9.87. The minimum Gasteiger partial charge on any atom is -0.368 e. The van der Waals surface area contributed by atoms with E-state index in [2.05, 4.69) is 5.32 Å². The van der Waals surface area contributed by atoms with Gasteiger partial charge in [0.1, 0.15) is 0 Å². The van der Waals surface area contributed by atoms with Gasteiger partial charge in [0.2, 0.25) is 0 Å². The molecule has 6 atom stereocenters. The maximum absolute atomic E-state index is 5.54. The molecule has 4 aliphatic rings. The third kappa shape index (κ3) is 0.604. The first-order chi connectivity index (χ1) is 5.42. The summed E-state index contributed by atoms with van der Waals surface area (Å²) in [5.41, 5.74) is 0. The molecule has 4 saturated heterocycles. The Hall–Kier alpha value is -0.120. The third-order valence-electron chi connectivity index (χ3n) is 3.44. The topological polar surface area (TPSA) is 37.1 Å². The summed E-state index contributed by atoms with van der Waals surface area (Å²) in [6, 6.07) is 1.23. The summed E-state index contributed by atoms with van der Waals surface area (Å²) >= 11 is 0. The Kier molecular flexibility index (Phi) is 0.746. The average molecular weight is 153 g/mol. The van der Waals surface area contributed by atoms with Gasteiger partial charge < -0.3 is 14.8 Å². The maximum atomic E-state index is 5.54. The van der Waals surface area contributed by atoms with E-state index in [1.54, 1.807) is 0 Å². The zero-order valence-electron chi connectivity index (χ0n) is 6.19. The second kappa shape index (κ2) is 1.49. The van der Waals surface area contributed by atoms with Crippen LogP contribution in [0.3, 0.4) is 0 Å². The molecule has 60 valence electrons. The molecule has 3 heteroatoms. The SMILES string of the molecule is C1[C@@H]2O[C@@H]2[C@H]2C[C@H]3O[C@H]3[C@@H]1N2. The molecule has 4 rings (SSSR count). The van der Waals surface area contributed by atoms with E-state index in [9.17, 15) is 0 Å². The summed E-state index contributed by atoms with van der Waals surface area (Å²) in [7, 11) is 0. The third-order valence-corrected chi connectivity index (χ3v) is 3.44. The van der Waals surface area contributed by atoms with E-state index in [-0.39, 0.29) is 0 Å². The van der Waals surface area contributed by atoms with Crippen molar-refractivity contribution in [1.82, 2.24) is 5.32 Å². The highest BCUT2D eigenvalue weighted by Gasteiger charge is 2.61. The lowest BCUT2D eigenvalue weighted by Crippen LogP contribution is -2.53. The zero-order chi connectivity index (χ0) is 7.00. The van der Waals surface area contributed by atoms with Crippen LogP contribution in [0.15, 0.2) is 0 Å². The summed E-state index contributed by atoms with van der Waals surface area (Å²) in [5.74, 6) is 0. The molecule has 0 saturated carbocycles. The monoisotopic (exact) mass is 153 g/mol. The predicted octanol–water partition coefficient (Wildman–Crippen LogP) is -0.345. The highest BCUT2D eigenvalue weighted by atomic mass is 16.6. The molecule has 3 nitrogen and oxygen atoms in total. The van der Waals surface area contributed by atoms with E-state index in [4.69, 9.17) is 9.47 Å². The van der Waals surface area contributed by atoms with Crippen LogP contribution in [0, 0.1) is 0 Å². The average Bonchev–Trinajstić information content (AvgIpc) is 2.73. The van der Waals surface area contributed by atoms with Gasteiger partial charge in [-0.25, -0.2) is 0 Å². The maximum Gasteiger partial charge on any atom is 0.0996 e. The van der Waals surface area contributed by atoms with Crippen LogP contribution < -0.4 is 5.32 Å². The number of ether oxygens (including phenoxy) is 2. The first kappa shape index (κ1) is 5.51. The molecule has 0 unspecified atom stereocenters. The van der Waals surface area contributed by atoms with E-state index in [1.807, 2.05) is 0 Å². The molecular weight excluding hydrogens is 142 g/mol. The first-order valence-electron chi connectivity index (χ1n) is 4.49. The van der Waals surface area contributed by atoms with Crippen molar-refractivity contribution in [1.29, 1.82) is 0 Å². The van der Waals surface area contributed by atoms with Gasteiger partial charge in [-0.1, -0.05) is 0 Å². The number of fused-ring (bicyclic) bond motifs is 6. The van der Waals surface area contributed by atoms with Gasteiger partial charge >= 0.3 is 0 Å². The molecule has 11 heavy (non-hydrogen) atoms. The molecule has 0 amide bonds. The van der Waals surface area contributed by atoms with Gasteiger partial charge in [0.05, 0.1) is 24.4 Å². The summed E-state index contributed by atoms with van der Waals surface area (Å²) in [5, 5.41) is 3.59. The Labute approximate surface area is 65.0 Å². The Balaban J connectivity index is 1.70. The van der Waals surface area contributed by atoms with Crippen LogP contribution in [0.1, 0.15) is 12.8 Å². The highest BCUT2D eigenvalue weighted by Crippen LogP contribution is 2.46. The fourth-order valence-corrected chi connectivity index (χ4v) is 2.77. The van der Waals surface area contributed by atoms with Crippen molar-refractivity contribution >= 4 is 0 Å². The van der Waals surface area contributed by atoms with Crippen molar-refractivity contribution < 1.29 is 9.47 Å². The molecule has 0 aromatic heterocycles. The lowest BCUT2D eigenvalue weighted by Gasteiger charge is -2.30. The summed E-state index contributed by atoms with van der Waals surface area (Å²) in [4.78, 5) is 0. The number of rotatable bonds is 0. The molecule has 0 spiro atoms. The van der Waals surface area contributed by atoms with Crippen molar-refractivity contribution in [3.05, 3.63) is 0 Å². The molecule has 2 bridgehead atoms. The number of nitrogens with one attached hydrogen (secondary N) is 1. The molecule has 0 radical (unpaired) electrons. The molecular formula is C8H11NO2. The van der Waals surface area contributed by atoms with Crippen molar-refractivity contribution in [2.24, 2.45) is 0 Å². The van der Waals surface area contributed by atoms with Crippen molar-refractivity contribution in [2.45, 2.75) is 49.3 Å². The Morgan fingerprint density at radius 3 is 2.00 bits per heavy atom. The van der Waals surface area contributed by atoms with E-state index in [0.717, 1.165) is 0 Å². The van der Waals surface area contributed by atoms with Crippen LogP contribution in [0.2, 0.25) is 0 Å².